The first kappa shape index (κ1) is 23.7. The van der Waals surface area contributed by atoms with Crippen molar-refractivity contribution < 1.29 is 8.42 Å². The molecule has 2 rings (SSSR count). The summed E-state index contributed by atoms with van der Waals surface area (Å²) >= 11 is 0. The number of hydrogen-bond acceptors (Lipinski definition) is 4. The summed E-state index contributed by atoms with van der Waals surface area (Å²) in [5.41, 5.74) is 2.41. The van der Waals surface area contributed by atoms with Crippen molar-refractivity contribution in [2.75, 3.05) is 38.2 Å². The summed E-state index contributed by atoms with van der Waals surface area (Å²) in [6.07, 6.45) is 4.55. The highest BCUT2D eigenvalue weighted by Gasteiger charge is 2.20. The van der Waals surface area contributed by atoms with Gasteiger partial charge in [-0.1, -0.05) is 38.1 Å². The molecule has 2 N–H and O–H groups in total. The summed E-state index contributed by atoms with van der Waals surface area (Å²) in [4.78, 5) is 7.20. The molecule has 1 aliphatic rings. The van der Waals surface area contributed by atoms with Crippen molar-refractivity contribution in [1.29, 1.82) is 0 Å². The Morgan fingerprint density at radius 2 is 1.72 bits per heavy atom. The second-order valence-corrected chi connectivity index (χ2v) is 11.2. The predicted molar refractivity (Wildman–Crippen MR) is 122 cm³/mol. The third-order valence-corrected chi connectivity index (χ3v) is 6.22. The van der Waals surface area contributed by atoms with E-state index < -0.39 is 9.84 Å². The number of benzene rings is 1. The fraction of sp³-hybridized carbons (Fsp3) is 0.682. The molecular formula is C22H38N4O2S. The molecule has 0 bridgehead atoms. The first-order valence-electron chi connectivity index (χ1n) is 10.7. The van der Waals surface area contributed by atoms with Crippen molar-refractivity contribution in [3.05, 3.63) is 35.4 Å². The lowest BCUT2D eigenvalue weighted by Gasteiger charge is -2.25. The van der Waals surface area contributed by atoms with Gasteiger partial charge in [0, 0.05) is 25.9 Å². The average Bonchev–Trinajstić information content (AvgIpc) is 3.16. The highest BCUT2D eigenvalue weighted by molar-refractivity contribution is 7.90. The van der Waals surface area contributed by atoms with Crippen LogP contribution in [0.5, 0.6) is 0 Å². The summed E-state index contributed by atoms with van der Waals surface area (Å²) in [5.74, 6) is 0.972. The van der Waals surface area contributed by atoms with E-state index in [-0.39, 0.29) is 11.2 Å². The minimum absolute atomic E-state index is 0.128. The number of sulfone groups is 1. The van der Waals surface area contributed by atoms with Crippen LogP contribution in [0.4, 0.5) is 0 Å². The van der Waals surface area contributed by atoms with Crippen LogP contribution in [0.15, 0.2) is 29.3 Å². The van der Waals surface area contributed by atoms with Gasteiger partial charge in [-0.2, -0.15) is 0 Å². The zero-order valence-electron chi connectivity index (χ0n) is 18.5. The maximum absolute atomic E-state index is 11.4. The van der Waals surface area contributed by atoms with Gasteiger partial charge in [0.05, 0.1) is 12.3 Å². The molecule has 6 nitrogen and oxygen atoms in total. The van der Waals surface area contributed by atoms with E-state index in [0.29, 0.717) is 19.5 Å². The van der Waals surface area contributed by atoms with Gasteiger partial charge in [0.2, 0.25) is 0 Å². The third-order valence-electron chi connectivity index (χ3n) is 5.28. The molecule has 0 atom stereocenters. The molecule has 0 amide bonds. The normalized spacial score (nSPS) is 16.2. The monoisotopic (exact) mass is 422 g/mol. The maximum atomic E-state index is 11.4. The lowest BCUT2D eigenvalue weighted by Crippen LogP contribution is -2.42. The van der Waals surface area contributed by atoms with Gasteiger partial charge in [-0.05, 0) is 55.8 Å². The van der Waals surface area contributed by atoms with Gasteiger partial charge in [-0.25, -0.2) is 13.4 Å². The minimum Gasteiger partial charge on any atom is -0.357 e. The van der Waals surface area contributed by atoms with E-state index in [0.717, 1.165) is 19.0 Å². The number of nitrogens with one attached hydrogen (secondary N) is 2. The van der Waals surface area contributed by atoms with Crippen molar-refractivity contribution in [3.63, 3.8) is 0 Å². The number of guanidine groups is 1. The topological polar surface area (TPSA) is 73.8 Å². The van der Waals surface area contributed by atoms with Gasteiger partial charge in [0.15, 0.2) is 5.96 Å². The van der Waals surface area contributed by atoms with E-state index in [1.165, 1.54) is 43.3 Å². The van der Waals surface area contributed by atoms with E-state index in [2.05, 4.69) is 53.6 Å². The number of likely N-dealkylation sites (tertiary alicyclic amines) is 1. The first-order chi connectivity index (χ1) is 13.7. The van der Waals surface area contributed by atoms with Crippen LogP contribution in [0.25, 0.3) is 0 Å². The van der Waals surface area contributed by atoms with Crippen molar-refractivity contribution in [1.82, 2.24) is 15.5 Å². The Kier molecular flexibility index (Phi) is 8.96. The lowest BCUT2D eigenvalue weighted by molar-refractivity contribution is 0.331. The van der Waals surface area contributed by atoms with Crippen LogP contribution >= 0.6 is 0 Å². The van der Waals surface area contributed by atoms with Gasteiger partial charge < -0.3 is 10.6 Å². The Morgan fingerprint density at radius 3 is 2.31 bits per heavy atom. The van der Waals surface area contributed by atoms with Gasteiger partial charge in [0.1, 0.15) is 9.84 Å². The van der Waals surface area contributed by atoms with Crippen LogP contribution in [-0.2, 0) is 22.9 Å². The lowest BCUT2D eigenvalue weighted by atomic mass is 9.90. The van der Waals surface area contributed by atoms with Gasteiger partial charge in [-0.15, -0.1) is 0 Å². The number of hydrogen-bond donors (Lipinski definition) is 2. The molecule has 1 saturated heterocycles. The van der Waals surface area contributed by atoms with E-state index in [9.17, 15) is 8.42 Å². The van der Waals surface area contributed by atoms with Crippen LogP contribution in [0, 0.1) is 5.41 Å². The molecular weight excluding hydrogens is 384 g/mol. The van der Waals surface area contributed by atoms with Crippen LogP contribution in [0.3, 0.4) is 0 Å². The fourth-order valence-corrected chi connectivity index (χ4v) is 4.26. The molecule has 29 heavy (non-hydrogen) atoms. The molecule has 1 heterocycles. The third kappa shape index (κ3) is 9.63. The van der Waals surface area contributed by atoms with Gasteiger partial charge in [-0.3, -0.25) is 4.90 Å². The van der Waals surface area contributed by atoms with E-state index in [1.807, 2.05) is 6.92 Å². The molecule has 164 valence electrons. The van der Waals surface area contributed by atoms with Crippen molar-refractivity contribution in [2.24, 2.45) is 10.4 Å². The Morgan fingerprint density at radius 1 is 1.10 bits per heavy atom. The quantitative estimate of drug-likeness (QED) is 0.448. The van der Waals surface area contributed by atoms with E-state index in [4.69, 9.17) is 4.99 Å². The first-order valence-corrected chi connectivity index (χ1v) is 12.7. The molecule has 0 aliphatic carbocycles. The maximum Gasteiger partial charge on any atom is 0.191 e. The van der Waals surface area contributed by atoms with Crippen molar-refractivity contribution in [3.8, 4) is 0 Å². The van der Waals surface area contributed by atoms with Crippen LogP contribution in [0.1, 0.15) is 51.2 Å². The van der Waals surface area contributed by atoms with Crippen LogP contribution in [0.2, 0.25) is 0 Å². The fourth-order valence-electron chi connectivity index (χ4n) is 3.33. The summed E-state index contributed by atoms with van der Waals surface area (Å²) in [7, 11) is -2.94. The molecule has 1 aromatic rings. The molecule has 0 spiro atoms. The molecule has 0 radical (unpaired) electrons. The Bertz CT molecular complexity index is 752. The van der Waals surface area contributed by atoms with Crippen LogP contribution < -0.4 is 10.6 Å². The summed E-state index contributed by atoms with van der Waals surface area (Å²) in [6, 6.07) is 8.73. The molecule has 0 unspecified atom stereocenters. The highest BCUT2D eigenvalue weighted by Crippen LogP contribution is 2.19. The van der Waals surface area contributed by atoms with Gasteiger partial charge >= 0.3 is 0 Å². The molecule has 7 heteroatoms. The summed E-state index contributed by atoms with van der Waals surface area (Å²) < 4.78 is 22.9. The second kappa shape index (κ2) is 11.0. The zero-order chi connectivity index (χ0) is 21.3. The van der Waals surface area contributed by atoms with Gasteiger partial charge in [0.25, 0.3) is 0 Å². The summed E-state index contributed by atoms with van der Waals surface area (Å²) in [5, 5.41) is 6.64. The average molecular weight is 423 g/mol. The molecule has 1 fully saturated rings. The van der Waals surface area contributed by atoms with E-state index in [1.54, 1.807) is 0 Å². The molecule has 0 aromatic heterocycles. The highest BCUT2D eigenvalue weighted by atomic mass is 32.2. The minimum atomic E-state index is -2.94. The zero-order valence-corrected chi connectivity index (χ0v) is 19.3. The SMILES string of the molecule is CCNC(=NCc1ccc(CN2CCCC2)cc1)NCC(C)(C)CCS(C)(=O)=O. The Hall–Kier alpha value is -1.60. The standard InChI is InChI=1S/C22H38N4O2S/c1-5-23-21(25-18-22(2,3)12-15-29(4,27)28)24-16-19-8-10-20(11-9-19)17-26-13-6-7-14-26/h8-11H,5-7,12-18H2,1-4H3,(H2,23,24,25). The summed E-state index contributed by atoms with van der Waals surface area (Å²) in [6.45, 7) is 11.7. The number of aliphatic imine (C=N–C) groups is 1. The molecule has 0 saturated carbocycles. The van der Waals surface area contributed by atoms with Crippen molar-refractivity contribution in [2.45, 2.75) is 53.1 Å². The van der Waals surface area contributed by atoms with Crippen molar-refractivity contribution >= 4 is 15.8 Å². The predicted octanol–water partition coefficient (Wildman–Crippen LogP) is 2.80. The second-order valence-electron chi connectivity index (χ2n) is 8.89. The molecule has 1 aliphatic heterocycles. The number of nitrogens with zero attached hydrogens (tertiary/aromatic N) is 2. The Labute approximate surface area is 177 Å². The van der Waals surface area contributed by atoms with E-state index >= 15 is 0 Å². The largest absolute Gasteiger partial charge is 0.357 e. The smallest absolute Gasteiger partial charge is 0.191 e. The van der Waals surface area contributed by atoms with Crippen LogP contribution in [-0.4, -0.2) is 57.5 Å². The number of rotatable bonds is 10. The molecule has 1 aromatic carbocycles. The Balaban J connectivity index is 1.87.